The molecule has 0 fully saturated rings. The molecule has 2 aromatic rings. The smallest absolute Gasteiger partial charge is 0.119 e. The van der Waals surface area contributed by atoms with Gasteiger partial charge in [0.25, 0.3) is 0 Å². The van der Waals surface area contributed by atoms with Crippen LogP contribution in [0.2, 0.25) is 0 Å². The van der Waals surface area contributed by atoms with Gasteiger partial charge in [-0.05, 0) is 59.4 Å². The van der Waals surface area contributed by atoms with Gasteiger partial charge in [-0.2, -0.15) is 0 Å². The first kappa shape index (κ1) is 16.6. The minimum Gasteiger partial charge on any atom is -0.497 e. The highest BCUT2D eigenvalue weighted by Gasteiger charge is 2.15. The van der Waals surface area contributed by atoms with Gasteiger partial charge in [-0.3, -0.25) is 0 Å². The lowest BCUT2D eigenvalue weighted by atomic mass is 9.87. The summed E-state index contributed by atoms with van der Waals surface area (Å²) in [7, 11) is 1.69. The summed E-state index contributed by atoms with van der Waals surface area (Å²) < 4.78 is 10.8. The second-order valence-corrected chi connectivity index (χ2v) is 5.85. The third kappa shape index (κ3) is 3.61. The molecule has 1 atom stereocenters. The van der Waals surface area contributed by atoms with E-state index in [1.54, 1.807) is 7.11 Å². The lowest BCUT2D eigenvalue weighted by Gasteiger charge is -2.19. The number of methoxy groups -OCH3 is 1. The molecule has 0 spiro atoms. The predicted octanol–water partition coefficient (Wildman–Crippen LogP) is 2.81. The first-order valence-electron chi connectivity index (χ1n) is 8.11. The molecule has 2 N–H and O–H groups in total. The fourth-order valence-corrected chi connectivity index (χ4v) is 2.90. The van der Waals surface area contributed by atoms with E-state index >= 15 is 0 Å². The highest BCUT2D eigenvalue weighted by molar-refractivity contribution is 5.83. The number of aryl methyl sites for hydroxylation is 1. The average molecular weight is 326 g/mol. The molecule has 24 heavy (non-hydrogen) atoms. The number of rotatable bonds is 6. The van der Waals surface area contributed by atoms with Crippen LogP contribution in [0.4, 0.5) is 0 Å². The van der Waals surface area contributed by atoms with Crippen molar-refractivity contribution in [3.8, 4) is 11.5 Å². The molecule has 0 amide bonds. The van der Waals surface area contributed by atoms with Gasteiger partial charge in [-0.1, -0.05) is 24.3 Å². The van der Waals surface area contributed by atoms with E-state index in [0.29, 0.717) is 5.75 Å². The van der Waals surface area contributed by atoms with Crippen LogP contribution in [0.25, 0.3) is 5.57 Å². The molecule has 0 heterocycles. The molecule has 4 nitrogen and oxygen atoms in total. The van der Waals surface area contributed by atoms with Crippen molar-refractivity contribution in [2.75, 3.05) is 20.3 Å². The quantitative estimate of drug-likeness (QED) is 0.857. The van der Waals surface area contributed by atoms with Crippen LogP contribution in [0, 0.1) is 0 Å². The van der Waals surface area contributed by atoms with Gasteiger partial charge < -0.3 is 19.7 Å². The second kappa shape index (κ2) is 7.51. The molecule has 3 rings (SSSR count). The standard InChI is InChI=1S/C20H22O4/c1-23-18-9-10-20-15(11-18)3-2-4-19(20)14-5-7-17(8-6-14)24-13-16(22)12-21/h4-11,16,21-22H,2-3,12-13H2,1H3/t16-/m1/s1. The Morgan fingerprint density at radius 2 is 1.83 bits per heavy atom. The van der Waals surface area contributed by atoms with Crippen molar-refractivity contribution in [2.45, 2.75) is 18.9 Å². The van der Waals surface area contributed by atoms with Gasteiger partial charge >= 0.3 is 0 Å². The summed E-state index contributed by atoms with van der Waals surface area (Å²) in [6, 6.07) is 14.0. The van der Waals surface area contributed by atoms with E-state index in [9.17, 15) is 5.11 Å². The summed E-state index contributed by atoms with van der Waals surface area (Å²) >= 11 is 0. The SMILES string of the molecule is COc1ccc2c(c1)CCC=C2c1ccc(OC[C@H](O)CO)cc1. The highest BCUT2D eigenvalue weighted by Crippen LogP contribution is 2.34. The summed E-state index contributed by atoms with van der Waals surface area (Å²) in [4.78, 5) is 0. The number of aliphatic hydroxyl groups is 2. The third-order valence-corrected chi connectivity index (χ3v) is 4.18. The Morgan fingerprint density at radius 3 is 2.54 bits per heavy atom. The molecule has 0 saturated carbocycles. The van der Waals surface area contributed by atoms with Crippen molar-refractivity contribution in [3.63, 3.8) is 0 Å². The van der Waals surface area contributed by atoms with Gasteiger partial charge in [0.05, 0.1) is 13.7 Å². The first-order valence-corrected chi connectivity index (χ1v) is 8.11. The fourth-order valence-electron chi connectivity index (χ4n) is 2.90. The van der Waals surface area contributed by atoms with Gasteiger partial charge in [-0.25, -0.2) is 0 Å². The maximum Gasteiger partial charge on any atom is 0.119 e. The minimum atomic E-state index is -0.854. The molecule has 0 aliphatic heterocycles. The van der Waals surface area contributed by atoms with Crippen LogP contribution in [0.5, 0.6) is 11.5 Å². The van der Waals surface area contributed by atoms with E-state index in [1.807, 2.05) is 30.3 Å². The lowest BCUT2D eigenvalue weighted by molar-refractivity contribution is 0.0536. The zero-order chi connectivity index (χ0) is 16.9. The predicted molar refractivity (Wildman–Crippen MR) is 93.4 cm³/mol. The van der Waals surface area contributed by atoms with Gasteiger partial charge in [0, 0.05) is 0 Å². The average Bonchev–Trinajstić information content (AvgIpc) is 2.65. The summed E-state index contributed by atoms with van der Waals surface area (Å²) in [5, 5.41) is 18.1. The first-order chi connectivity index (χ1) is 11.7. The minimum absolute atomic E-state index is 0.0845. The van der Waals surface area contributed by atoms with E-state index in [1.165, 1.54) is 16.7 Å². The molecule has 4 heteroatoms. The maximum atomic E-state index is 9.34. The Bertz CT molecular complexity index is 719. The number of allylic oxidation sites excluding steroid dienone is 1. The molecular formula is C20H22O4. The Labute approximate surface area is 142 Å². The normalized spacial score (nSPS) is 14.5. The number of hydrogen-bond acceptors (Lipinski definition) is 4. The van der Waals surface area contributed by atoms with E-state index in [2.05, 4.69) is 18.2 Å². The summed E-state index contributed by atoms with van der Waals surface area (Å²) in [6.45, 7) is -0.216. The van der Waals surface area contributed by atoms with Crippen molar-refractivity contribution < 1.29 is 19.7 Å². The van der Waals surface area contributed by atoms with E-state index in [0.717, 1.165) is 24.2 Å². The number of aliphatic hydroxyl groups excluding tert-OH is 2. The van der Waals surface area contributed by atoms with Crippen molar-refractivity contribution in [3.05, 3.63) is 65.2 Å². The molecular weight excluding hydrogens is 304 g/mol. The molecule has 0 unspecified atom stereocenters. The molecule has 0 aromatic heterocycles. The highest BCUT2D eigenvalue weighted by atomic mass is 16.5. The molecule has 126 valence electrons. The van der Waals surface area contributed by atoms with Crippen LogP contribution < -0.4 is 9.47 Å². The topological polar surface area (TPSA) is 58.9 Å². The monoisotopic (exact) mass is 326 g/mol. The third-order valence-electron chi connectivity index (χ3n) is 4.18. The molecule has 0 radical (unpaired) electrons. The molecule has 0 saturated heterocycles. The number of ether oxygens (including phenoxy) is 2. The number of hydrogen-bond donors (Lipinski definition) is 2. The number of benzene rings is 2. The molecule has 1 aliphatic rings. The van der Waals surface area contributed by atoms with Gasteiger partial charge in [0.2, 0.25) is 0 Å². The van der Waals surface area contributed by atoms with Crippen LogP contribution in [-0.4, -0.2) is 36.6 Å². The van der Waals surface area contributed by atoms with Crippen molar-refractivity contribution >= 4 is 5.57 Å². The van der Waals surface area contributed by atoms with Crippen molar-refractivity contribution in [2.24, 2.45) is 0 Å². The Kier molecular flexibility index (Phi) is 5.18. The summed E-state index contributed by atoms with van der Waals surface area (Å²) in [5.41, 5.74) is 4.90. The Hall–Kier alpha value is -2.30. The van der Waals surface area contributed by atoms with E-state index < -0.39 is 6.10 Å². The van der Waals surface area contributed by atoms with E-state index in [-0.39, 0.29) is 13.2 Å². The number of fused-ring (bicyclic) bond motifs is 1. The molecule has 2 aromatic carbocycles. The van der Waals surface area contributed by atoms with Gasteiger partial charge in [0.1, 0.15) is 24.2 Å². The Morgan fingerprint density at radius 1 is 1.08 bits per heavy atom. The van der Waals surface area contributed by atoms with Crippen LogP contribution in [0.3, 0.4) is 0 Å². The maximum absolute atomic E-state index is 9.34. The zero-order valence-corrected chi connectivity index (χ0v) is 13.7. The fraction of sp³-hybridized carbons (Fsp3) is 0.300. The summed E-state index contributed by atoms with van der Waals surface area (Å²) in [6.07, 6.45) is 3.44. The van der Waals surface area contributed by atoms with Gasteiger partial charge in [0.15, 0.2) is 0 Å². The molecule has 1 aliphatic carbocycles. The van der Waals surface area contributed by atoms with Crippen LogP contribution in [-0.2, 0) is 6.42 Å². The van der Waals surface area contributed by atoms with Crippen LogP contribution in [0.15, 0.2) is 48.5 Å². The summed E-state index contributed by atoms with van der Waals surface area (Å²) in [5.74, 6) is 1.57. The Balaban J connectivity index is 1.79. The van der Waals surface area contributed by atoms with Crippen LogP contribution >= 0.6 is 0 Å². The van der Waals surface area contributed by atoms with Crippen molar-refractivity contribution in [1.29, 1.82) is 0 Å². The lowest BCUT2D eigenvalue weighted by Crippen LogP contribution is -2.21. The largest absolute Gasteiger partial charge is 0.497 e. The van der Waals surface area contributed by atoms with Crippen LogP contribution in [0.1, 0.15) is 23.1 Å². The zero-order valence-electron chi connectivity index (χ0n) is 13.7. The van der Waals surface area contributed by atoms with Gasteiger partial charge in [-0.15, -0.1) is 0 Å². The van der Waals surface area contributed by atoms with Crippen molar-refractivity contribution in [1.82, 2.24) is 0 Å². The molecule has 0 bridgehead atoms. The van der Waals surface area contributed by atoms with E-state index in [4.69, 9.17) is 14.6 Å². The second-order valence-electron chi connectivity index (χ2n) is 5.85.